The van der Waals surface area contributed by atoms with E-state index in [-0.39, 0.29) is 30.2 Å². The first-order chi connectivity index (χ1) is 11.1. The molecule has 0 spiro atoms. The van der Waals surface area contributed by atoms with Crippen molar-refractivity contribution in [3.05, 3.63) is 52.2 Å². The summed E-state index contributed by atoms with van der Waals surface area (Å²) in [5.74, 6) is -0.292. The molecule has 0 aliphatic carbocycles. The number of carbonyl (C=O) groups is 1. The van der Waals surface area contributed by atoms with Gasteiger partial charge in [0.05, 0.1) is 17.4 Å². The number of hydrogen-bond acceptors (Lipinski definition) is 5. The average molecular weight is 312 g/mol. The number of aromatic hydroxyl groups is 1. The summed E-state index contributed by atoms with van der Waals surface area (Å²) >= 11 is 0. The summed E-state index contributed by atoms with van der Waals surface area (Å²) in [5, 5.41) is 11.0. The number of phenols is 1. The molecule has 0 radical (unpaired) electrons. The van der Waals surface area contributed by atoms with Crippen molar-refractivity contribution >= 4 is 27.9 Å². The van der Waals surface area contributed by atoms with Crippen molar-refractivity contribution in [1.82, 2.24) is 0 Å². The predicted molar refractivity (Wildman–Crippen MR) is 86.6 cm³/mol. The first kappa shape index (κ1) is 15.1. The van der Waals surface area contributed by atoms with Gasteiger partial charge in [-0.1, -0.05) is 19.1 Å². The molecule has 0 amide bonds. The number of carbonyl (C=O) groups excluding carboxylic acids is 1. The van der Waals surface area contributed by atoms with Crippen LogP contribution < -0.4 is 5.43 Å². The zero-order valence-electron chi connectivity index (χ0n) is 12.7. The topological polar surface area (TPSA) is 76.7 Å². The van der Waals surface area contributed by atoms with Gasteiger partial charge in [-0.2, -0.15) is 0 Å². The molecule has 0 atom stereocenters. The molecule has 0 saturated heterocycles. The fraction of sp³-hybridized carbons (Fsp3) is 0.222. The fourth-order valence-electron chi connectivity index (χ4n) is 2.52. The first-order valence-electron chi connectivity index (χ1n) is 7.44. The van der Waals surface area contributed by atoms with E-state index in [9.17, 15) is 14.7 Å². The molecule has 5 heteroatoms. The van der Waals surface area contributed by atoms with Gasteiger partial charge in [0.1, 0.15) is 16.9 Å². The molecule has 0 fully saturated rings. The van der Waals surface area contributed by atoms with Crippen molar-refractivity contribution in [2.24, 2.45) is 0 Å². The van der Waals surface area contributed by atoms with E-state index in [1.807, 2.05) is 0 Å². The highest BCUT2D eigenvalue weighted by Crippen LogP contribution is 2.28. The number of hydrogen-bond donors (Lipinski definition) is 1. The fourth-order valence-corrected chi connectivity index (χ4v) is 2.52. The third-order valence-electron chi connectivity index (χ3n) is 3.73. The molecule has 118 valence electrons. The summed E-state index contributed by atoms with van der Waals surface area (Å²) in [4.78, 5) is 23.8. The second-order valence-electron chi connectivity index (χ2n) is 5.19. The van der Waals surface area contributed by atoms with E-state index in [0.29, 0.717) is 33.9 Å². The van der Waals surface area contributed by atoms with E-state index < -0.39 is 0 Å². The van der Waals surface area contributed by atoms with Crippen molar-refractivity contribution in [2.75, 3.05) is 6.61 Å². The molecule has 0 saturated carbocycles. The Kier molecular flexibility index (Phi) is 4.02. The predicted octanol–water partition coefficient (Wildman–Crippen LogP) is 3.15. The Labute approximate surface area is 132 Å². The molecule has 5 nitrogen and oxygen atoms in total. The number of fused-ring (bicyclic) bond motifs is 2. The van der Waals surface area contributed by atoms with Crippen LogP contribution in [-0.4, -0.2) is 17.7 Å². The van der Waals surface area contributed by atoms with Gasteiger partial charge >= 0.3 is 5.97 Å². The summed E-state index contributed by atoms with van der Waals surface area (Å²) in [7, 11) is 0. The van der Waals surface area contributed by atoms with Crippen LogP contribution in [0.5, 0.6) is 5.75 Å². The normalized spacial score (nSPS) is 11.0. The highest BCUT2D eigenvalue weighted by Gasteiger charge is 2.14. The van der Waals surface area contributed by atoms with E-state index >= 15 is 0 Å². The number of phenolic OH excluding ortho intramolecular Hbond substituents is 1. The molecule has 2 aromatic carbocycles. The highest BCUT2D eigenvalue weighted by molar-refractivity contribution is 5.92. The van der Waals surface area contributed by atoms with Gasteiger partial charge in [-0.15, -0.1) is 0 Å². The first-order valence-corrected chi connectivity index (χ1v) is 7.44. The highest BCUT2D eigenvalue weighted by atomic mass is 16.5. The van der Waals surface area contributed by atoms with E-state index in [1.165, 1.54) is 6.07 Å². The monoisotopic (exact) mass is 312 g/mol. The van der Waals surface area contributed by atoms with E-state index in [4.69, 9.17) is 9.15 Å². The lowest BCUT2D eigenvalue weighted by Crippen LogP contribution is -2.08. The van der Waals surface area contributed by atoms with Crippen LogP contribution in [0.2, 0.25) is 0 Å². The van der Waals surface area contributed by atoms with Gasteiger partial charge in [-0.05, 0) is 24.3 Å². The number of esters is 1. The lowest BCUT2D eigenvalue weighted by atomic mass is 10.1. The average Bonchev–Trinajstić information content (AvgIpc) is 2.57. The number of para-hydroxylation sites is 1. The summed E-state index contributed by atoms with van der Waals surface area (Å²) in [6.45, 7) is 1.83. The van der Waals surface area contributed by atoms with Crippen LogP contribution >= 0.6 is 0 Å². The summed E-state index contributed by atoms with van der Waals surface area (Å²) in [5.41, 5.74) is 1.12. The van der Waals surface area contributed by atoms with Gasteiger partial charge in [0.2, 0.25) is 5.43 Å². The van der Waals surface area contributed by atoms with Crippen LogP contribution in [-0.2, 0) is 16.0 Å². The van der Waals surface area contributed by atoms with Gasteiger partial charge in [-0.25, -0.2) is 0 Å². The van der Waals surface area contributed by atoms with Crippen molar-refractivity contribution < 1.29 is 19.1 Å². The molecule has 23 heavy (non-hydrogen) atoms. The third kappa shape index (κ3) is 2.77. The number of ether oxygens (including phenoxy) is 1. The van der Waals surface area contributed by atoms with Crippen LogP contribution in [0.4, 0.5) is 0 Å². The van der Waals surface area contributed by atoms with Gasteiger partial charge in [-0.3, -0.25) is 9.59 Å². The zero-order chi connectivity index (χ0) is 16.4. The molecular formula is C18H16O5. The van der Waals surface area contributed by atoms with Gasteiger partial charge in [0, 0.05) is 18.4 Å². The lowest BCUT2D eigenvalue weighted by molar-refractivity contribution is -0.143. The SMILES string of the molecule is CCC(=O)OCCc1c(O)ccc2c(=O)c3ccccc3oc12. The minimum Gasteiger partial charge on any atom is -0.508 e. The Morgan fingerprint density at radius 3 is 2.74 bits per heavy atom. The lowest BCUT2D eigenvalue weighted by Gasteiger charge is -2.09. The van der Waals surface area contributed by atoms with Gasteiger partial charge < -0.3 is 14.3 Å². The van der Waals surface area contributed by atoms with E-state index in [1.54, 1.807) is 37.3 Å². The molecule has 3 aromatic rings. The van der Waals surface area contributed by atoms with E-state index in [2.05, 4.69) is 0 Å². The van der Waals surface area contributed by atoms with Gasteiger partial charge in [0.15, 0.2) is 0 Å². The molecule has 1 aromatic heterocycles. The molecule has 0 aliphatic rings. The van der Waals surface area contributed by atoms with Crippen LogP contribution in [0, 0.1) is 0 Å². The Hall–Kier alpha value is -2.82. The third-order valence-corrected chi connectivity index (χ3v) is 3.73. The Morgan fingerprint density at radius 1 is 1.17 bits per heavy atom. The maximum atomic E-state index is 12.6. The second-order valence-corrected chi connectivity index (χ2v) is 5.19. The smallest absolute Gasteiger partial charge is 0.305 e. The molecule has 0 aliphatic heterocycles. The number of benzene rings is 2. The summed E-state index contributed by atoms with van der Waals surface area (Å²) in [6, 6.07) is 9.98. The van der Waals surface area contributed by atoms with Crippen molar-refractivity contribution in [1.29, 1.82) is 0 Å². The maximum absolute atomic E-state index is 12.6. The van der Waals surface area contributed by atoms with Crippen LogP contribution in [0.15, 0.2) is 45.6 Å². The summed E-state index contributed by atoms with van der Waals surface area (Å²) < 4.78 is 10.9. The van der Waals surface area contributed by atoms with E-state index in [0.717, 1.165) is 0 Å². The van der Waals surface area contributed by atoms with Crippen molar-refractivity contribution in [2.45, 2.75) is 19.8 Å². The van der Waals surface area contributed by atoms with Gasteiger partial charge in [0.25, 0.3) is 0 Å². The maximum Gasteiger partial charge on any atom is 0.305 e. The quantitative estimate of drug-likeness (QED) is 0.591. The number of rotatable bonds is 4. The molecule has 0 unspecified atom stereocenters. The van der Waals surface area contributed by atoms with Crippen molar-refractivity contribution in [3.8, 4) is 5.75 Å². The molecule has 3 rings (SSSR count). The molecule has 1 N–H and O–H groups in total. The minimum absolute atomic E-state index is 0.0171. The second kappa shape index (κ2) is 6.12. The largest absolute Gasteiger partial charge is 0.508 e. The van der Waals surface area contributed by atoms with Crippen LogP contribution in [0.3, 0.4) is 0 Å². The summed E-state index contributed by atoms with van der Waals surface area (Å²) in [6.07, 6.45) is 0.567. The van der Waals surface area contributed by atoms with Crippen LogP contribution in [0.1, 0.15) is 18.9 Å². The van der Waals surface area contributed by atoms with Crippen LogP contribution in [0.25, 0.3) is 21.9 Å². The van der Waals surface area contributed by atoms with Crippen molar-refractivity contribution in [3.63, 3.8) is 0 Å². The molecular weight excluding hydrogens is 296 g/mol. The minimum atomic E-state index is -0.309. The molecule has 1 heterocycles. The Bertz CT molecular complexity index is 939. The Morgan fingerprint density at radius 2 is 1.96 bits per heavy atom. The standard InChI is InChI=1S/C18H16O5/c1-2-16(20)22-10-9-11-14(19)8-7-13-17(21)12-5-3-4-6-15(12)23-18(11)13/h3-8,19H,2,9-10H2,1H3. The Balaban J connectivity index is 2.11. The zero-order valence-corrected chi connectivity index (χ0v) is 12.7. The molecule has 0 bridgehead atoms.